The molecule has 4 nitrogen and oxygen atoms in total. The molecule has 1 amide bonds. The molecule has 4 heteroatoms. The summed E-state index contributed by atoms with van der Waals surface area (Å²) in [5.41, 5.74) is 7.31. The third-order valence-corrected chi connectivity index (χ3v) is 2.60. The van der Waals surface area contributed by atoms with Crippen LogP contribution in [0.2, 0.25) is 0 Å². The lowest BCUT2D eigenvalue weighted by Crippen LogP contribution is -2.10. The molecule has 0 aliphatic heterocycles. The first-order chi connectivity index (χ1) is 8.61. The Labute approximate surface area is 104 Å². The van der Waals surface area contributed by atoms with Crippen LogP contribution in [-0.4, -0.2) is 11.0 Å². The fraction of sp³-hybridized carbons (Fsp3) is 0. The molecule has 0 aliphatic carbocycles. The maximum absolute atomic E-state index is 11.1. The van der Waals surface area contributed by atoms with Crippen LogP contribution < -0.4 is 5.73 Å². The summed E-state index contributed by atoms with van der Waals surface area (Å²) in [5, 5.41) is 18.3. The normalized spacial score (nSPS) is 9.72. The molecule has 0 spiro atoms. The van der Waals surface area contributed by atoms with Gasteiger partial charge in [0.1, 0.15) is 11.8 Å². The molecule has 0 aliphatic rings. The van der Waals surface area contributed by atoms with Crippen LogP contribution in [0.4, 0.5) is 0 Å². The Hall–Kier alpha value is -2.80. The Morgan fingerprint density at radius 1 is 1.17 bits per heavy atom. The van der Waals surface area contributed by atoms with E-state index >= 15 is 0 Å². The van der Waals surface area contributed by atoms with Crippen molar-refractivity contribution in [3.05, 3.63) is 53.6 Å². The van der Waals surface area contributed by atoms with Crippen molar-refractivity contribution >= 4 is 5.91 Å². The van der Waals surface area contributed by atoms with Crippen LogP contribution in [0.1, 0.15) is 15.9 Å². The molecule has 0 fully saturated rings. The molecule has 2 aromatic carbocycles. The van der Waals surface area contributed by atoms with Crippen molar-refractivity contribution in [2.75, 3.05) is 0 Å². The fourth-order valence-electron chi connectivity index (χ4n) is 1.66. The van der Waals surface area contributed by atoms with Gasteiger partial charge in [0.2, 0.25) is 5.91 Å². The van der Waals surface area contributed by atoms with Gasteiger partial charge in [-0.05, 0) is 35.4 Å². The molecule has 18 heavy (non-hydrogen) atoms. The Kier molecular flexibility index (Phi) is 2.98. The number of benzene rings is 2. The zero-order valence-corrected chi connectivity index (χ0v) is 9.42. The molecule has 0 radical (unpaired) electrons. The average molecular weight is 238 g/mol. The molecule has 2 aromatic rings. The minimum Gasteiger partial charge on any atom is -0.507 e. The van der Waals surface area contributed by atoms with E-state index in [1.807, 2.05) is 6.07 Å². The highest BCUT2D eigenvalue weighted by Gasteiger charge is 2.06. The van der Waals surface area contributed by atoms with Crippen LogP contribution in [0.25, 0.3) is 11.1 Å². The third kappa shape index (κ3) is 2.15. The standard InChI is InChI=1S/C14H10N2O2/c15-8-12-7-10(4-5-13(12)17)9-2-1-3-11(6-9)14(16)18/h1-7,17H,(H2,16,18). The fourth-order valence-corrected chi connectivity index (χ4v) is 1.66. The van der Waals surface area contributed by atoms with E-state index in [0.29, 0.717) is 5.56 Å². The van der Waals surface area contributed by atoms with Crippen molar-refractivity contribution in [1.82, 2.24) is 0 Å². The lowest BCUT2D eigenvalue weighted by molar-refractivity contribution is 0.100. The number of carbonyl (C=O) groups is 1. The summed E-state index contributed by atoms with van der Waals surface area (Å²) in [4.78, 5) is 11.1. The summed E-state index contributed by atoms with van der Waals surface area (Å²) in [6.07, 6.45) is 0. The number of primary amides is 1. The highest BCUT2D eigenvalue weighted by atomic mass is 16.3. The number of phenolic OH excluding ortho intramolecular Hbond substituents is 1. The van der Waals surface area contributed by atoms with Gasteiger partial charge in [0.15, 0.2) is 0 Å². The predicted molar refractivity (Wildman–Crippen MR) is 66.8 cm³/mol. The molecular weight excluding hydrogens is 228 g/mol. The molecule has 2 rings (SSSR count). The van der Waals surface area contributed by atoms with Gasteiger partial charge in [0.05, 0.1) is 5.56 Å². The van der Waals surface area contributed by atoms with Gasteiger partial charge in [-0.2, -0.15) is 5.26 Å². The number of nitrogens with zero attached hydrogens (tertiary/aromatic N) is 1. The number of nitriles is 1. The summed E-state index contributed by atoms with van der Waals surface area (Å²) in [7, 11) is 0. The Balaban J connectivity index is 2.52. The second kappa shape index (κ2) is 4.60. The SMILES string of the molecule is N#Cc1cc(-c2cccc(C(N)=O)c2)ccc1O. The van der Waals surface area contributed by atoms with E-state index in [-0.39, 0.29) is 11.3 Å². The number of phenols is 1. The average Bonchev–Trinajstić information content (AvgIpc) is 2.39. The molecule has 0 aromatic heterocycles. The van der Waals surface area contributed by atoms with Crippen molar-refractivity contribution in [3.8, 4) is 22.9 Å². The van der Waals surface area contributed by atoms with E-state index in [1.165, 1.54) is 6.07 Å². The molecule has 0 saturated heterocycles. The van der Waals surface area contributed by atoms with Crippen molar-refractivity contribution in [3.63, 3.8) is 0 Å². The molecule has 0 heterocycles. The summed E-state index contributed by atoms with van der Waals surface area (Å²) in [6, 6.07) is 13.4. The van der Waals surface area contributed by atoms with Crippen molar-refractivity contribution in [2.24, 2.45) is 5.73 Å². The summed E-state index contributed by atoms with van der Waals surface area (Å²) in [5.74, 6) is -0.566. The number of rotatable bonds is 2. The van der Waals surface area contributed by atoms with Crippen LogP contribution in [0.5, 0.6) is 5.75 Å². The lowest BCUT2D eigenvalue weighted by atomic mass is 10.0. The number of hydrogen-bond donors (Lipinski definition) is 2. The van der Waals surface area contributed by atoms with Gasteiger partial charge >= 0.3 is 0 Å². The van der Waals surface area contributed by atoms with E-state index in [2.05, 4.69) is 0 Å². The van der Waals surface area contributed by atoms with Gasteiger partial charge in [-0.1, -0.05) is 18.2 Å². The van der Waals surface area contributed by atoms with E-state index in [1.54, 1.807) is 36.4 Å². The number of amides is 1. The first-order valence-electron chi connectivity index (χ1n) is 5.25. The van der Waals surface area contributed by atoms with Crippen LogP contribution >= 0.6 is 0 Å². The van der Waals surface area contributed by atoms with Gasteiger partial charge in [-0.25, -0.2) is 0 Å². The van der Waals surface area contributed by atoms with Gasteiger partial charge in [-0.15, -0.1) is 0 Å². The lowest BCUT2D eigenvalue weighted by Gasteiger charge is -2.05. The molecule has 0 unspecified atom stereocenters. The van der Waals surface area contributed by atoms with E-state index < -0.39 is 5.91 Å². The molecular formula is C14H10N2O2. The second-order valence-corrected chi connectivity index (χ2v) is 3.79. The number of carbonyl (C=O) groups excluding carboxylic acids is 1. The largest absolute Gasteiger partial charge is 0.507 e. The topological polar surface area (TPSA) is 87.1 Å². The zero-order chi connectivity index (χ0) is 13.1. The summed E-state index contributed by atoms with van der Waals surface area (Å²) < 4.78 is 0. The Bertz CT molecular complexity index is 657. The minimum absolute atomic E-state index is 0.0627. The maximum Gasteiger partial charge on any atom is 0.248 e. The van der Waals surface area contributed by atoms with Gasteiger partial charge in [0.25, 0.3) is 0 Å². The van der Waals surface area contributed by atoms with Crippen molar-refractivity contribution in [2.45, 2.75) is 0 Å². The molecule has 0 saturated carbocycles. The minimum atomic E-state index is -0.504. The molecule has 88 valence electrons. The smallest absolute Gasteiger partial charge is 0.248 e. The monoisotopic (exact) mass is 238 g/mol. The molecule has 3 N–H and O–H groups in total. The quantitative estimate of drug-likeness (QED) is 0.839. The van der Waals surface area contributed by atoms with Crippen LogP contribution in [-0.2, 0) is 0 Å². The van der Waals surface area contributed by atoms with Gasteiger partial charge in [0, 0.05) is 5.56 Å². The highest BCUT2D eigenvalue weighted by molar-refractivity contribution is 5.94. The van der Waals surface area contributed by atoms with Gasteiger partial charge < -0.3 is 10.8 Å². The molecule has 0 atom stereocenters. The van der Waals surface area contributed by atoms with Crippen LogP contribution in [0.3, 0.4) is 0 Å². The second-order valence-electron chi connectivity index (χ2n) is 3.79. The first-order valence-corrected chi connectivity index (χ1v) is 5.25. The maximum atomic E-state index is 11.1. The van der Waals surface area contributed by atoms with Crippen molar-refractivity contribution < 1.29 is 9.90 Å². The van der Waals surface area contributed by atoms with Crippen LogP contribution in [0.15, 0.2) is 42.5 Å². The Morgan fingerprint density at radius 3 is 2.56 bits per heavy atom. The first kappa shape index (κ1) is 11.7. The highest BCUT2D eigenvalue weighted by Crippen LogP contribution is 2.25. The van der Waals surface area contributed by atoms with E-state index in [4.69, 9.17) is 11.0 Å². The van der Waals surface area contributed by atoms with E-state index in [9.17, 15) is 9.90 Å². The van der Waals surface area contributed by atoms with Crippen LogP contribution in [0, 0.1) is 11.3 Å². The summed E-state index contributed by atoms with van der Waals surface area (Å²) >= 11 is 0. The number of aromatic hydroxyl groups is 1. The third-order valence-electron chi connectivity index (χ3n) is 2.60. The summed E-state index contributed by atoms with van der Waals surface area (Å²) in [6.45, 7) is 0. The van der Waals surface area contributed by atoms with Crippen molar-refractivity contribution in [1.29, 1.82) is 5.26 Å². The van der Waals surface area contributed by atoms with E-state index in [0.717, 1.165) is 11.1 Å². The van der Waals surface area contributed by atoms with Gasteiger partial charge in [-0.3, -0.25) is 4.79 Å². The predicted octanol–water partition coefficient (Wildman–Crippen LogP) is 2.03. The molecule has 0 bridgehead atoms. The number of hydrogen-bond acceptors (Lipinski definition) is 3. The zero-order valence-electron chi connectivity index (χ0n) is 9.42. The Morgan fingerprint density at radius 2 is 1.89 bits per heavy atom. The number of nitrogens with two attached hydrogens (primary N) is 1.